The summed E-state index contributed by atoms with van der Waals surface area (Å²) in [7, 11) is 0. The standard InChI is InChI=1S/C19H15F3N6.CO2/c1-2-11-7-9-28-16(11)19(25-13-6-8-23-10-12(13)20)26-18(27-28)15-5-3-4-14(24-15)17(21)22;2-1-3/h3-10,17H,2H2,1H3,(H,23,25,26,27);. The summed E-state index contributed by atoms with van der Waals surface area (Å²) in [5.41, 5.74) is 1.66. The molecule has 0 atom stereocenters. The fraction of sp³-hybridized carbons (Fsp3) is 0.150. The Morgan fingerprint density at radius 3 is 2.61 bits per heavy atom. The second kappa shape index (κ2) is 9.59. The average molecular weight is 428 g/mol. The topological polar surface area (TPSA) is 102 Å². The van der Waals surface area contributed by atoms with Crippen LogP contribution < -0.4 is 5.32 Å². The zero-order valence-electron chi connectivity index (χ0n) is 16.1. The molecule has 0 saturated heterocycles. The number of aromatic nitrogens is 5. The molecule has 1 N–H and O–H groups in total. The molecule has 0 unspecified atom stereocenters. The molecule has 4 heterocycles. The van der Waals surface area contributed by atoms with Crippen LogP contribution in [0.2, 0.25) is 0 Å². The van der Waals surface area contributed by atoms with Gasteiger partial charge in [-0.3, -0.25) is 4.98 Å². The summed E-state index contributed by atoms with van der Waals surface area (Å²) in [6, 6.07) is 7.63. The van der Waals surface area contributed by atoms with Crippen molar-refractivity contribution in [2.45, 2.75) is 19.8 Å². The molecule has 0 saturated carbocycles. The number of nitrogens with zero attached hydrogens (tertiary/aromatic N) is 5. The van der Waals surface area contributed by atoms with Gasteiger partial charge in [-0.25, -0.2) is 27.7 Å². The van der Waals surface area contributed by atoms with Crippen molar-refractivity contribution in [2.75, 3.05) is 5.32 Å². The highest BCUT2D eigenvalue weighted by Gasteiger charge is 2.17. The van der Waals surface area contributed by atoms with Crippen LogP contribution in [-0.2, 0) is 16.0 Å². The lowest BCUT2D eigenvalue weighted by molar-refractivity contribution is -0.191. The van der Waals surface area contributed by atoms with Crippen LogP contribution in [0.3, 0.4) is 0 Å². The van der Waals surface area contributed by atoms with Crippen molar-refractivity contribution in [3.63, 3.8) is 0 Å². The summed E-state index contributed by atoms with van der Waals surface area (Å²) in [4.78, 5) is 28.4. The third kappa shape index (κ3) is 4.73. The van der Waals surface area contributed by atoms with Crippen LogP contribution in [0.4, 0.5) is 24.7 Å². The molecule has 0 aromatic carbocycles. The van der Waals surface area contributed by atoms with Crippen molar-refractivity contribution in [1.82, 2.24) is 24.6 Å². The van der Waals surface area contributed by atoms with Gasteiger partial charge in [-0.1, -0.05) is 13.0 Å². The van der Waals surface area contributed by atoms with E-state index in [9.17, 15) is 13.2 Å². The van der Waals surface area contributed by atoms with E-state index in [4.69, 9.17) is 9.59 Å². The Balaban J connectivity index is 0.000000858. The first-order valence-electron chi connectivity index (χ1n) is 8.98. The molecule has 0 radical (unpaired) electrons. The molecule has 4 aromatic rings. The van der Waals surface area contributed by atoms with Gasteiger partial charge in [0.15, 0.2) is 11.6 Å². The smallest absolute Gasteiger partial charge is 0.336 e. The minimum absolute atomic E-state index is 0.144. The molecule has 0 bridgehead atoms. The monoisotopic (exact) mass is 428 g/mol. The molecule has 0 aliphatic carbocycles. The zero-order valence-corrected chi connectivity index (χ0v) is 16.1. The molecule has 31 heavy (non-hydrogen) atoms. The molecule has 0 aliphatic heterocycles. The van der Waals surface area contributed by atoms with Crippen molar-refractivity contribution in [1.29, 1.82) is 0 Å². The molecule has 158 valence electrons. The lowest BCUT2D eigenvalue weighted by Crippen LogP contribution is -2.06. The zero-order chi connectivity index (χ0) is 22.4. The van der Waals surface area contributed by atoms with E-state index in [1.165, 1.54) is 24.4 Å². The minimum Gasteiger partial charge on any atom is -0.336 e. The lowest BCUT2D eigenvalue weighted by Gasteiger charge is -2.11. The number of halogens is 3. The van der Waals surface area contributed by atoms with Crippen LogP contribution in [0.15, 0.2) is 48.9 Å². The molecular weight excluding hydrogens is 413 g/mol. The largest absolute Gasteiger partial charge is 0.373 e. The SMILES string of the molecule is CCc1ccn2nc(-c3cccc(C(F)F)n3)nc(Nc3ccncc3F)c12.O=C=O. The number of pyridine rings is 2. The van der Waals surface area contributed by atoms with Gasteiger partial charge in [0, 0.05) is 12.4 Å². The normalized spacial score (nSPS) is 10.5. The van der Waals surface area contributed by atoms with E-state index in [2.05, 4.69) is 25.4 Å². The predicted molar refractivity (Wildman–Crippen MR) is 103 cm³/mol. The quantitative estimate of drug-likeness (QED) is 0.513. The Hall–Kier alpha value is -4.11. The number of aryl methyl sites for hydroxylation is 1. The Kier molecular flexibility index (Phi) is 6.68. The summed E-state index contributed by atoms with van der Waals surface area (Å²) >= 11 is 0. The number of hydrogen-bond donors (Lipinski definition) is 1. The Morgan fingerprint density at radius 1 is 1.16 bits per heavy atom. The molecule has 0 amide bonds. The maximum absolute atomic E-state index is 14.1. The molecule has 4 aromatic heterocycles. The van der Waals surface area contributed by atoms with E-state index >= 15 is 0 Å². The Morgan fingerprint density at radius 2 is 1.94 bits per heavy atom. The van der Waals surface area contributed by atoms with Crippen LogP contribution >= 0.6 is 0 Å². The van der Waals surface area contributed by atoms with Crippen molar-refractivity contribution in [3.8, 4) is 11.5 Å². The predicted octanol–water partition coefficient (Wildman–Crippen LogP) is 3.99. The summed E-state index contributed by atoms with van der Waals surface area (Å²) in [5, 5.41) is 7.35. The fourth-order valence-electron chi connectivity index (χ4n) is 2.87. The molecule has 0 fully saturated rings. The van der Waals surface area contributed by atoms with E-state index in [-0.39, 0.29) is 29.1 Å². The number of nitrogens with one attached hydrogen (secondary N) is 1. The number of alkyl halides is 2. The summed E-state index contributed by atoms with van der Waals surface area (Å²) in [6.07, 6.45) is 2.55. The average Bonchev–Trinajstić information content (AvgIpc) is 3.19. The summed E-state index contributed by atoms with van der Waals surface area (Å²) in [6.45, 7) is 1.98. The van der Waals surface area contributed by atoms with Gasteiger partial charge in [-0.05, 0) is 36.2 Å². The third-order valence-corrected chi connectivity index (χ3v) is 4.22. The Bertz CT molecular complexity index is 1240. The van der Waals surface area contributed by atoms with Gasteiger partial charge < -0.3 is 5.32 Å². The first-order chi connectivity index (χ1) is 15.0. The molecule has 8 nitrogen and oxygen atoms in total. The number of hydrogen-bond acceptors (Lipinski definition) is 7. The highest BCUT2D eigenvalue weighted by Crippen LogP contribution is 2.28. The van der Waals surface area contributed by atoms with Crippen LogP contribution in [0.1, 0.15) is 24.6 Å². The Labute approximate surface area is 173 Å². The molecule has 0 aliphatic rings. The molecular formula is C20H15F3N6O2. The van der Waals surface area contributed by atoms with Gasteiger partial charge >= 0.3 is 6.15 Å². The van der Waals surface area contributed by atoms with Crippen LogP contribution in [-0.4, -0.2) is 30.7 Å². The van der Waals surface area contributed by atoms with Crippen molar-refractivity contribution in [2.24, 2.45) is 0 Å². The first-order valence-corrected chi connectivity index (χ1v) is 8.98. The van der Waals surface area contributed by atoms with E-state index < -0.39 is 12.2 Å². The number of anilines is 2. The van der Waals surface area contributed by atoms with E-state index in [0.29, 0.717) is 17.8 Å². The lowest BCUT2D eigenvalue weighted by atomic mass is 10.2. The molecule has 4 rings (SSSR count). The van der Waals surface area contributed by atoms with Crippen LogP contribution in [0, 0.1) is 5.82 Å². The number of fused-ring (bicyclic) bond motifs is 1. The number of rotatable bonds is 5. The van der Waals surface area contributed by atoms with Gasteiger partial charge in [0.25, 0.3) is 6.43 Å². The van der Waals surface area contributed by atoms with E-state index in [0.717, 1.165) is 11.8 Å². The van der Waals surface area contributed by atoms with E-state index in [1.807, 2.05) is 13.0 Å². The highest BCUT2D eigenvalue weighted by atomic mass is 19.3. The van der Waals surface area contributed by atoms with Gasteiger partial charge in [0.1, 0.15) is 16.9 Å². The number of carbonyl (C=O) groups excluding carboxylic acids is 2. The molecule has 0 spiro atoms. The highest BCUT2D eigenvalue weighted by molar-refractivity contribution is 5.78. The van der Waals surface area contributed by atoms with Crippen molar-refractivity contribution < 1.29 is 22.8 Å². The van der Waals surface area contributed by atoms with Gasteiger partial charge in [0.2, 0.25) is 5.82 Å². The van der Waals surface area contributed by atoms with Crippen molar-refractivity contribution in [3.05, 3.63) is 66.0 Å². The van der Waals surface area contributed by atoms with Gasteiger partial charge in [-0.2, -0.15) is 9.59 Å². The van der Waals surface area contributed by atoms with Gasteiger partial charge in [0.05, 0.1) is 11.9 Å². The third-order valence-electron chi connectivity index (χ3n) is 4.22. The summed E-state index contributed by atoms with van der Waals surface area (Å²) in [5.74, 6) is -0.0466. The van der Waals surface area contributed by atoms with Crippen molar-refractivity contribution >= 4 is 23.2 Å². The van der Waals surface area contributed by atoms with Gasteiger partial charge in [-0.15, -0.1) is 5.10 Å². The van der Waals surface area contributed by atoms with Crippen LogP contribution in [0.25, 0.3) is 17.0 Å². The summed E-state index contributed by atoms with van der Waals surface area (Å²) < 4.78 is 41.7. The van der Waals surface area contributed by atoms with E-state index in [1.54, 1.807) is 16.8 Å². The molecule has 11 heteroatoms. The fourth-order valence-corrected chi connectivity index (χ4v) is 2.87. The second-order valence-corrected chi connectivity index (χ2v) is 6.08. The maximum atomic E-state index is 14.1. The van der Waals surface area contributed by atoms with Crippen LogP contribution in [0.5, 0.6) is 0 Å². The minimum atomic E-state index is -2.70. The second-order valence-electron chi connectivity index (χ2n) is 6.08. The maximum Gasteiger partial charge on any atom is 0.373 e. The first kappa shape index (κ1) is 21.6.